The Morgan fingerprint density at radius 2 is 1.36 bits per heavy atom. The molecule has 0 heterocycles. The molecule has 0 aromatic rings. The monoisotopic (exact) mass is 164 g/mol. The molecule has 11 heavy (non-hydrogen) atoms. The van der Waals surface area contributed by atoms with E-state index < -0.39 is 0 Å². The van der Waals surface area contributed by atoms with Gasteiger partial charge >= 0.3 is 0 Å². The van der Waals surface area contributed by atoms with Crippen LogP contribution < -0.4 is 23.4 Å². The minimum absolute atomic E-state index is 0. The predicted octanol–water partition coefficient (Wildman–Crippen LogP) is 0.200. The quantitative estimate of drug-likeness (QED) is 0.467. The van der Waals surface area contributed by atoms with E-state index in [1.54, 1.807) is 0 Å². The summed E-state index contributed by atoms with van der Waals surface area (Å²) in [7, 11) is 0. The van der Waals surface area contributed by atoms with Crippen LogP contribution in [0.3, 0.4) is 0 Å². The smallest absolute Gasteiger partial charge is 0.0221 e. The van der Waals surface area contributed by atoms with Gasteiger partial charge in [-0.15, -0.1) is 0 Å². The zero-order chi connectivity index (χ0) is 8.62. The van der Waals surface area contributed by atoms with E-state index in [1.165, 1.54) is 0 Å². The standard InChI is InChI=1S/C4H12N2.C3H9N.H3N/c1-4(2,6)3-5;1-2-3-4;/h3,5-6H2,1-2H3;2-4H2,1H3;1H3. The SMILES string of the molecule is CC(C)(N)CN.CCCN.N. The zero-order valence-electron chi connectivity index (χ0n) is 8.06. The molecular formula is C7H24N4. The summed E-state index contributed by atoms with van der Waals surface area (Å²) >= 11 is 0. The van der Waals surface area contributed by atoms with E-state index >= 15 is 0 Å². The maximum atomic E-state index is 5.41. The first-order valence-corrected chi connectivity index (χ1v) is 3.67. The van der Waals surface area contributed by atoms with Gasteiger partial charge in [-0.25, -0.2) is 0 Å². The Morgan fingerprint density at radius 1 is 1.18 bits per heavy atom. The minimum atomic E-state index is -0.181. The number of rotatable bonds is 2. The summed E-state index contributed by atoms with van der Waals surface area (Å²) in [5, 5.41) is 0. The fraction of sp³-hybridized carbons (Fsp3) is 1.00. The summed E-state index contributed by atoms with van der Waals surface area (Å²) < 4.78 is 0. The van der Waals surface area contributed by atoms with Gasteiger partial charge in [0.15, 0.2) is 0 Å². The molecule has 0 saturated heterocycles. The summed E-state index contributed by atoms with van der Waals surface area (Å²) in [6.07, 6.45) is 1.10. The Morgan fingerprint density at radius 3 is 1.36 bits per heavy atom. The molecular weight excluding hydrogens is 140 g/mol. The Hall–Kier alpha value is -0.160. The van der Waals surface area contributed by atoms with Crippen molar-refractivity contribution in [2.75, 3.05) is 13.1 Å². The van der Waals surface area contributed by atoms with Crippen molar-refractivity contribution in [2.24, 2.45) is 17.2 Å². The van der Waals surface area contributed by atoms with Crippen LogP contribution in [0.15, 0.2) is 0 Å². The molecule has 0 fully saturated rings. The summed E-state index contributed by atoms with van der Waals surface area (Å²) in [6.45, 7) is 7.22. The third-order valence-electron chi connectivity index (χ3n) is 0.815. The van der Waals surface area contributed by atoms with E-state index in [9.17, 15) is 0 Å². The van der Waals surface area contributed by atoms with Gasteiger partial charge in [-0.3, -0.25) is 0 Å². The third kappa shape index (κ3) is 41.0. The molecule has 0 atom stereocenters. The first-order chi connectivity index (χ1) is 4.47. The molecule has 0 radical (unpaired) electrons. The topological polar surface area (TPSA) is 113 Å². The van der Waals surface area contributed by atoms with Crippen LogP contribution in [-0.2, 0) is 0 Å². The minimum Gasteiger partial charge on any atom is -0.344 e. The average Bonchev–Trinajstić information content (AvgIpc) is 1.87. The third-order valence-corrected chi connectivity index (χ3v) is 0.815. The molecule has 4 nitrogen and oxygen atoms in total. The lowest BCUT2D eigenvalue weighted by Gasteiger charge is -2.13. The Balaban J connectivity index is -0.000000114. The van der Waals surface area contributed by atoms with E-state index in [4.69, 9.17) is 17.2 Å². The molecule has 0 amide bonds. The van der Waals surface area contributed by atoms with E-state index in [-0.39, 0.29) is 11.7 Å². The van der Waals surface area contributed by atoms with Gasteiger partial charge in [-0.05, 0) is 26.8 Å². The second-order valence-electron chi connectivity index (χ2n) is 2.98. The zero-order valence-corrected chi connectivity index (χ0v) is 8.06. The van der Waals surface area contributed by atoms with Crippen molar-refractivity contribution in [3.63, 3.8) is 0 Å². The number of nitrogens with two attached hydrogens (primary N) is 3. The van der Waals surface area contributed by atoms with Crippen LogP contribution in [0.25, 0.3) is 0 Å². The van der Waals surface area contributed by atoms with Gasteiger partial charge in [0.05, 0.1) is 0 Å². The molecule has 0 aliphatic rings. The van der Waals surface area contributed by atoms with Crippen LogP contribution in [0.5, 0.6) is 0 Å². The maximum Gasteiger partial charge on any atom is 0.0221 e. The molecule has 0 unspecified atom stereocenters. The summed E-state index contributed by atoms with van der Waals surface area (Å²) in [4.78, 5) is 0. The normalized spacial score (nSPS) is 9.27. The van der Waals surface area contributed by atoms with Gasteiger partial charge in [0.1, 0.15) is 0 Å². The molecule has 0 bridgehead atoms. The van der Waals surface area contributed by atoms with E-state index in [0.717, 1.165) is 13.0 Å². The largest absolute Gasteiger partial charge is 0.344 e. The highest BCUT2D eigenvalue weighted by Crippen LogP contribution is 1.88. The molecule has 4 heteroatoms. The first-order valence-electron chi connectivity index (χ1n) is 3.67. The van der Waals surface area contributed by atoms with Gasteiger partial charge in [-0.1, -0.05) is 6.92 Å². The lowest BCUT2D eigenvalue weighted by molar-refractivity contribution is 0.532. The highest BCUT2D eigenvalue weighted by atomic mass is 14.8. The van der Waals surface area contributed by atoms with Crippen molar-refractivity contribution in [3.8, 4) is 0 Å². The van der Waals surface area contributed by atoms with Crippen LogP contribution in [0.1, 0.15) is 27.2 Å². The predicted molar refractivity (Wildman–Crippen MR) is 51.7 cm³/mol. The summed E-state index contributed by atoms with van der Waals surface area (Å²) in [5.41, 5.74) is 15.4. The van der Waals surface area contributed by atoms with Crippen molar-refractivity contribution in [1.82, 2.24) is 6.15 Å². The van der Waals surface area contributed by atoms with Gasteiger partial charge in [0.2, 0.25) is 0 Å². The molecule has 0 spiro atoms. The van der Waals surface area contributed by atoms with Crippen molar-refractivity contribution < 1.29 is 0 Å². The fourth-order valence-electron chi connectivity index (χ4n) is 0. The van der Waals surface area contributed by atoms with Crippen LogP contribution in [-0.4, -0.2) is 18.6 Å². The average molecular weight is 164 g/mol. The molecule has 0 aromatic heterocycles. The molecule has 0 aliphatic carbocycles. The van der Waals surface area contributed by atoms with Crippen LogP contribution in [0.4, 0.5) is 0 Å². The highest BCUT2D eigenvalue weighted by molar-refractivity contribution is 4.70. The van der Waals surface area contributed by atoms with Crippen molar-refractivity contribution in [2.45, 2.75) is 32.7 Å². The summed E-state index contributed by atoms with van der Waals surface area (Å²) in [6, 6.07) is 0. The maximum absolute atomic E-state index is 5.41. The second-order valence-corrected chi connectivity index (χ2v) is 2.98. The lowest BCUT2D eigenvalue weighted by atomic mass is 10.1. The van der Waals surface area contributed by atoms with Gasteiger partial charge in [0.25, 0.3) is 0 Å². The Bertz CT molecular complexity index is 56.0. The molecule has 0 aromatic carbocycles. The Labute approximate surface area is 70.1 Å². The molecule has 0 saturated carbocycles. The van der Waals surface area contributed by atoms with Crippen molar-refractivity contribution >= 4 is 0 Å². The van der Waals surface area contributed by atoms with Crippen LogP contribution in [0, 0.1) is 0 Å². The molecule has 9 N–H and O–H groups in total. The molecule has 0 aliphatic heterocycles. The van der Waals surface area contributed by atoms with E-state index in [1.807, 2.05) is 13.8 Å². The summed E-state index contributed by atoms with van der Waals surface area (Å²) in [5.74, 6) is 0. The van der Waals surface area contributed by atoms with Gasteiger partial charge in [0, 0.05) is 12.1 Å². The second kappa shape index (κ2) is 9.84. The van der Waals surface area contributed by atoms with Crippen LogP contribution >= 0.6 is 0 Å². The van der Waals surface area contributed by atoms with E-state index in [0.29, 0.717) is 6.54 Å². The lowest BCUT2D eigenvalue weighted by Crippen LogP contribution is -2.40. The fourth-order valence-corrected chi connectivity index (χ4v) is 0. The Kier molecular flexibility index (Phi) is 15.3. The first kappa shape index (κ1) is 17.1. The van der Waals surface area contributed by atoms with Crippen molar-refractivity contribution in [3.05, 3.63) is 0 Å². The number of hydrogen-bond donors (Lipinski definition) is 4. The van der Waals surface area contributed by atoms with Gasteiger partial charge < -0.3 is 23.4 Å². The molecule has 0 rings (SSSR count). The van der Waals surface area contributed by atoms with Gasteiger partial charge in [-0.2, -0.15) is 0 Å². The van der Waals surface area contributed by atoms with Crippen molar-refractivity contribution in [1.29, 1.82) is 0 Å². The number of hydrogen-bond acceptors (Lipinski definition) is 4. The molecule has 72 valence electrons. The van der Waals surface area contributed by atoms with Crippen LogP contribution in [0.2, 0.25) is 0 Å². The van der Waals surface area contributed by atoms with E-state index in [2.05, 4.69) is 6.92 Å². The highest BCUT2D eigenvalue weighted by Gasteiger charge is 2.04.